The fraction of sp³-hybridized carbons (Fsp3) is 0.750. The molecule has 0 unspecified atom stereocenters. The van der Waals surface area contributed by atoms with Gasteiger partial charge in [-0.25, -0.2) is 0 Å². The molecule has 1 aromatic rings. The van der Waals surface area contributed by atoms with Gasteiger partial charge in [0.15, 0.2) is 0 Å². The Bertz CT molecular complexity index is 410. The molecule has 2 heterocycles. The van der Waals surface area contributed by atoms with Crippen LogP contribution in [0.15, 0.2) is 0 Å². The lowest BCUT2D eigenvalue weighted by Crippen LogP contribution is -2.60. The molecule has 5 heteroatoms. The molecule has 1 aromatic heterocycles. The number of aromatic nitrogens is 2. The highest BCUT2D eigenvalue weighted by atomic mass is 35.5. The molecule has 0 aromatic carbocycles. The van der Waals surface area contributed by atoms with Crippen molar-refractivity contribution in [2.45, 2.75) is 38.8 Å². The van der Waals surface area contributed by atoms with E-state index in [1.165, 1.54) is 0 Å². The zero-order valence-electron chi connectivity index (χ0n) is 10.7. The van der Waals surface area contributed by atoms with Crippen LogP contribution in [0.4, 0.5) is 0 Å². The van der Waals surface area contributed by atoms with E-state index in [0.717, 1.165) is 48.9 Å². The molecule has 1 aliphatic rings. The molecule has 0 radical (unpaired) electrons. The molecular weight excluding hydrogens is 238 g/mol. The topological polar surface area (TPSA) is 41.3 Å². The van der Waals surface area contributed by atoms with Crippen molar-refractivity contribution in [2.24, 2.45) is 7.05 Å². The van der Waals surface area contributed by atoms with Crippen LogP contribution in [-0.4, -0.2) is 38.5 Å². The van der Waals surface area contributed by atoms with E-state index in [-0.39, 0.29) is 0 Å². The van der Waals surface area contributed by atoms with Crippen molar-refractivity contribution in [2.75, 3.05) is 13.1 Å². The summed E-state index contributed by atoms with van der Waals surface area (Å²) < 4.78 is 1.85. The zero-order valence-corrected chi connectivity index (χ0v) is 11.5. The van der Waals surface area contributed by atoms with Gasteiger partial charge in [-0.2, -0.15) is 5.10 Å². The number of β-amino-alcohol motifs (C(OH)–C–C–N with tert-alkyl or cyclic N) is 1. The highest BCUT2D eigenvalue weighted by Crippen LogP contribution is 2.28. The summed E-state index contributed by atoms with van der Waals surface area (Å²) in [4.78, 5) is 2.20. The van der Waals surface area contributed by atoms with Crippen molar-refractivity contribution in [1.82, 2.24) is 14.7 Å². The molecular formula is C12H20ClN3O. The normalized spacial score (nSPS) is 19.4. The Balaban J connectivity index is 2.03. The summed E-state index contributed by atoms with van der Waals surface area (Å²) >= 11 is 6.29. The van der Waals surface area contributed by atoms with E-state index in [2.05, 4.69) is 16.9 Å². The monoisotopic (exact) mass is 257 g/mol. The Morgan fingerprint density at radius 3 is 2.53 bits per heavy atom. The molecule has 0 amide bonds. The maximum Gasteiger partial charge on any atom is 0.0897 e. The number of rotatable bonds is 4. The second kappa shape index (κ2) is 4.59. The van der Waals surface area contributed by atoms with Gasteiger partial charge in [0.2, 0.25) is 0 Å². The van der Waals surface area contributed by atoms with Crippen LogP contribution in [0, 0.1) is 0 Å². The van der Waals surface area contributed by atoms with Gasteiger partial charge in [-0.1, -0.05) is 25.4 Å². The Morgan fingerprint density at radius 1 is 1.41 bits per heavy atom. The highest BCUT2D eigenvalue weighted by molar-refractivity contribution is 6.31. The molecule has 0 aliphatic carbocycles. The Morgan fingerprint density at radius 2 is 2.06 bits per heavy atom. The first kappa shape index (κ1) is 12.9. The van der Waals surface area contributed by atoms with Crippen LogP contribution in [0.5, 0.6) is 0 Å². The molecule has 1 aliphatic heterocycles. The molecule has 2 rings (SSSR count). The second-order valence-corrected chi connectivity index (χ2v) is 5.29. The number of hydrogen-bond acceptors (Lipinski definition) is 3. The summed E-state index contributed by atoms with van der Waals surface area (Å²) in [5.41, 5.74) is 1.51. The van der Waals surface area contributed by atoms with Crippen molar-refractivity contribution < 1.29 is 5.11 Å². The van der Waals surface area contributed by atoms with Crippen LogP contribution < -0.4 is 0 Å². The first-order valence-electron chi connectivity index (χ1n) is 6.14. The van der Waals surface area contributed by atoms with Gasteiger partial charge in [0.1, 0.15) is 0 Å². The summed E-state index contributed by atoms with van der Waals surface area (Å²) in [7, 11) is 1.92. The van der Waals surface area contributed by atoms with Crippen LogP contribution in [-0.2, 0) is 20.0 Å². The van der Waals surface area contributed by atoms with Crippen molar-refractivity contribution >= 4 is 11.6 Å². The molecule has 1 saturated heterocycles. The van der Waals surface area contributed by atoms with Crippen molar-refractivity contribution in [3.05, 3.63) is 16.4 Å². The third-order valence-corrected chi connectivity index (χ3v) is 4.01. The maximum absolute atomic E-state index is 9.96. The van der Waals surface area contributed by atoms with E-state index in [0.29, 0.717) is 0 Å². The van der Waals surface area contributed by atoms with Crippen molar-refractivity contribution in [3.8, 4) is 0 Å². The van der Waals surface area contributed by atoms with Gasteiger partial charge in [-0.15, -0.1) is 0 Å². The standard InChI is InChI=1S/C12H20ClN3O/c1-4-9-11(13)10(15(3)14-9)6-16-7-12(17,5-2)8-16/h17H,4-8H2,1-3H3. The summed E-state index contributed by atoms with van der Waals surface area (Å²) in [6.07, 6.45) is 1.66. The molecule has 4 nitrogen and oxygen atoms in total. The van der Waals surface area contributed by atoms with Crippen LogP contribution >= 0.6 is 11.6 Å². The van der Waals surface area contributed by atoms with Gasteiger partial charge in [-0.3, -0.25) is 9.58 Å². The summed E-state index contributed by atoms with van der Waals surface area (Å²) in [6, 6.07) is 0. The van der Waals surface area contributed by atoms with Gasteiger partial charge in [0.25, 0.3) is 0 Å². The number of aliphatic hydroxyl groups is 1. The quantitative estimate of drug-likeness (QED) is 0.891. The largest absolute Gasteiger partial charge is 0.387 e. The highest BCUT2D eigenvalue weighted by Gasteiger charge is 2.39. The van der Waals surface area contributed by atoms with Gasteiger partial charge < -0.3 is 5.11 Å². The Kier molecular flexibility index (Phi) is 3.48. The number of likely N-dealkylation sites (tertiary alicyclic amines) is 1. The number of halogens is 1. The number of aryl methyl sites for hydroxylation is 2. The molecule has 0 bridgehead atoms. The molecule has 0 spiro atoms. The first-order valence-corrected chi connectivity index (χ1v) is 6.52. The molecule has 0 atom stereocenters. The average molecular weight is 258 g/mol. The first-order chi connectivity index (χ1) is 7.99. The average Bonchev–Trinajstić information content (AvgIpc) is 2.53. The lowest BCUT2D eigenvalue weighted by Gasteiger charge is -2.46. The molecule has 17 heavy (non-hydrogen) atoms. The molecule has 96 valence electrons. The third kappa shape index (κ3) is 2.34. The Hall–Kier alpha value is -0.580. The summed E-state index contributed by atoms with van der Waals surface area (Å²) in [6.45, 7) is 6.30. The minimum atomic E-state index is -0.487. The lowest BCUT2D eigenvalue weighted by molar-refractivity contribution is -0.104. The van der Waals surface area contributed by atoms with Crippen LogP contribution in [0.1, 0.15) is 31.7 Å². The van der Waals surface area contributed by atoms with Crippen LogP contribution in [0.2, 0.25) is 5.02 Å². The van der Waals surface area contributed by atoms with E-state index in [4.69, 9.17) is 11.6 Å². The molecule has 1 N–H and O–H groups in total. The van der Waals surface area contributed by atoms with E-state index in [1.807, 2.05) is 18.7 Å². The minimum absolute atomic E-state index is 0.487. The summed E-state index contributed by atoms with van der Waals surface area (Å²) in [5, 5.41) is 15.1. The van der Waals surface area contributed by atoms with E-state index in [9.17, 15) is 5.11 Å². The molecule has 1 fully saturated rings. The van der Waals surface area contributed by atoms with Gasteiger partial charge in [-0.05, 0) is 12.8 Å². The second-order valence-electron chi connectivity index (χ2n) is 4.91. The predicted octanol–water partition coefficient (Wildman–Crippen LogP) is 1.59. The third-order valence-electron chi connectivity index (χ3n) is 3.57. The Labute approximate surface area is 107 Å². The zero-order chi connectivity index (χ0) is 12.6. The number of hydrogen-bond donors (Lipinski definition) is 1. The minimum Gasteiger partial charge on any atom is -0.387 e. The van der Waals surface area contributed by atoms with E-state index >= 15 is 0 Å². The van der Waals surface area contributed by atoms with Crippen LogP contribution in [0.3, 0.4) is 0 Å². The van der Waals surface area contributed by atoms with E-state index in [1.54, 1.807) is 0 Å². The van der Waals surface area contributed by atoms with Gasteiger partial charge in [0.05, 0.1) is 22.0 Å². The van der Waals surface area contributed by atoms with E-state index < -0.39 is 5.60 Å². The van der Waals surface area contributed by atoms with Crippen LogP contribution in [0.25, 0.3) is 0 Å². The number of nitrogens with zero attached hydrogens (tertiary/aromatic N) is 3. The van der Waals surface area contributed by atoms with Crippen molar-refractivity contribution in [1.29, 1.82) is 0 Å². The smallest absolute Gasteiger partial charge is 0.0897 e. The van der Waals surface area contributed by atoms with Crippen molar-refractivity contribution in [3.63, 3.8) is 0 Å². The maximum atomic E-state index is 9.96. The fourth-order valence-corrected chi connectivity index (χ4v) is 2.68. The predicted molar refractivity (Wildman–Crippen MR) is 68.1 cm³/mol. The van der Waals surface area contributed by atoms with Gasteiger partial charge >= 0.3 is 0 Å². The SMILES string of the molecule is CCc1nn(C)c(CN2CC(O)(CC)C2)c1Cl. The van der Waals surface area contributed by atoms with Gasteiger partial charge in [0, 0.05) is 26.7 Å². The summed E-state index contributed by atoms with van der Waals surface area (Å²) in [5.74, 6) is 0. The lowest BCUT2D eigenvalue weighted by atomic mass is 9.91. The fourth-order valence-electron chi connectivity index (χ4n) is 2.32. The molecule has 0 saturated carbocycles.